The van der Waals surface area contributed by atoms with Gasteiger partial charge in [-0.15, -0.1) is 5.10 Å². The van der Waals surface area contributed by atoms with E-state index in [0.29, 0.717) is 35.6 Å². The van der Waals surface area contributed by atoms with Crippen LogP contribution >= 0.6 is 0 Å². The van der Waals surface area contributed by atoms with Crippen molar-refractivity contribution in [1.29, 1.82) is 5.26 Å². The van der Waals surface area contributed by atoms with Crippen LogP contribution in [0.15, 0.2) is 36.4 Å². The minimum atomic E-state index is -4.49. The van der Waals surface area contributed by atoms with Crippen molar-refractivity contribution in [2.75, 3.05) is 29.5 Å². The molecule has 190 valence electrons. The SMILES string of the molecule is CCc1c(-c2ccc(C(F)(F)F)cc2)nc(NCCNc2ccc(C#N)c(N)n2)n2nc(C(=O)O)nc12. The maximum atomic E-state index is 13.0. The standard InChI is InChI=1S/C23H20F3N9O2/c1-2-15-17(12-3-6-14(7-4-12)23(24,25)26)32-22(35-20(15)33-19(34-35)21(36)37)30-10-9-29-16-8-5-13(11-27)18(28)31-16/h3-8H,2,9-10H2,1H3,(H,30,32)(H,36,37)(H3,28,29,31). The fourth-order valence-corrected chi connectivity index (χ4v) is 3.60. The molecule has 0 atom stereocenters. The normalized spacial score (nSPS) is 11.3. The van der Waals surface area contributed by atoms with Gasteiger partial charge in [-0.1, -0.05) is 19.1 Å². The lowest BCUT2D eigenvalue weighted by Gasteiger charge is -2.14. The van der Waals surface area contributed by atoms with Gasteiger partial charge < -0.3 is 21.5 Å². The number of fused-ring (bicyclic) bond motifs is 1. The van der Waals surface area contributed by atoms with E-state index < -0.39 is 23.5 Å². The van der Waals surface area contributed by atoms with Gasteiger partial charge in [0.1, 0.15) is 17.7 Å². The number of aryl methyl sites for hydroxylation is 1. The number of nitrogens with one attached hydrogen (secondary N) is 2. The monoisotopic (exact) mass is 511 g/mol. The van der Waals surface area contributed by atoms with Gasteiger partial charge in [-0.2, -0.15) is 22.9 Å². The van der Waals surface area contributed by atoms with E-state index in [4.69, 9.17) is 11.0 Å². The van der Waals surface area contributed by atoms with Gasteiger partial charge in [-0.05, 0) is 30.7 Å². The summed E-state index contributed by atoms with van der Waals surface area (Å²) >= 11 is 0. The van der Waals surface area contributed by atoms with E-state index in [1.807, 2.05) is 6.07 Å². The average molecular weight is 511 g/mol. The Labute approximate surface area is 207 Å². The summed E-state index contributed by atoms with van der Waals surface area (Å²) in [6.07, 6.45) is -4.11. The summed E-state index contributed by atoms with van der Waals surface area (Å²) in [6, 6.07) is 9.59. The van der Waals surface area contributed by atoms with Crippen LogP contribution in [-0.4, -0.2) is 48.7 Å². The number of aromatic carboxylic acids is 1. The molecule has 0 aliphatic carbocycles. The van der Waals surface area contributed by atoms with Gasteiger partial charge in [0.25, 0.3) is 5.82 Å². The maximum absolute atomic E-state index is 13.0. The van der Waals surface area contributed by atoms with Crippen LogP contribution in [0.5, 0.6) is 0 Å². The molecule has 0 spiro atoms. The molecule has 0 saturated heterocycles. The second-order valence-electron chi connectivity index (χ2n) is 7.76. The van der Waals surface area contributed by atoms with Crippen LogP contribution in [0.1, 0.15) is 34.2 Å². The van der Waals surface area contributed by atoms with E-state index in [1.165, 1.54) is 22.7 Å². The number of pyridine rings is 1. The molecule has 0 amide bonds. The molecule has 37 heavy (non-hydrogen) atoms. The molecule has 5 N–H and O–H groups in total. The smallest absolute Gasteiger partial charge is 0.416 e. The minimum Gasteiger partial charge on any atom is -0.475 e. The van der Waals surface area contributed by atoms with Crippen LogP contribution in [-0.2, 0) is 12.6 Å². The van der Waals surface area contributed by atoms with Crippen LogP contribution in [0.2, 0.25) is 0 Å². The van der Waals surface area contributed by atoms with Crippen molar-refractivity contribution in [2.45, 2.75) is 19.5 Å². The molecule has 0 aliphatic rings. The number of rotatable bonds is 8. The van der Waals surface area contributed by atoms with Gasteiger partial charge in [0, 0.05) is 24.2 Å². The summed E-state index contributed by atoms with van der Waals surface area (Å²) in [7, 11) is 0. The van der Waals surface area contributed by atoms with E-state index in [0.717, 1.165) is 12.1 Å². The van der Waals surface area contributed by atoms with E-state index in [2.05, 4.69) is 30.7 Å². The number of aromatic nitrogens is 5. The molecular formula is C23H20F3N9O2. The first-order valence-electron chi connectivity index (χ1n) is 11.0. The summed E-state index contributed by atoms with van der Waals surface area (Å²) in [5.41, 5.74) is 6.69. The quantitative estimate of drug-likeness (QED) is 0.257. The molecule has 0 radical (unpaired) electrons. The van der Waals surface area contributed by atoms with E-state index >= 15 is 0 Å². The Hall–Kier alpha value is -4.93. The third kappa shape index (κ3) is 5.20. The van der Waals surface area contributed by atoms with Crippen LogP contribution in [0, 0.1) is 11.3 Å². The molecule has 11 nitrogen and oxygen atoms in total. The number of hydrogen-bond acceptors (Lipinski definition) is 9. The number of hydrogen-bond donors (Lipinski definition) is 4. The van der Waals surface area contributed by atoms with Crippen molar-refractivity contribution in [1.82, 2.24) is 24.6 Å². The first-order chi connectivity index (χ1) is 17.6. The van der Waals surface area contributed by atoms with Crippen LogP contribution in [0.25, 0.3) is 16.9 Å². The largest absolute Gasteiger partial charge is 0.475 e. The third-order valence-electron chi connectivity index (χ3n) is 5.37. The number of nitrogens with zero attached hydrogens (tertiary/aromatic N) is 6. The highest BCUT2D eigenvalue weighted by Gasteiger charge is 2.30. The fourth-order valence-electron chi connectivity index (χ4n) is 3.60. The zero-order valence-electron chi connectivity index (χ0n) is 19.3. The highest BCUT2D eigenvalue weighted by atomic mass is 19.4. The summed E-state index contributed by atoms with van der Waals surface area (Å²) in [6.45, 7) is 2.39. The molecule has 4 rings (SSSR count). The lowest BCUT2D eigenvalue weighted by atomic mass is 10.0. The molecular weight excluding hydrogens is 491 g/mol. The summed E-state index contributed by atoms with van der Waals surface area (Å²) in [4.78, 5) is 24.3. The molecule has 0 unspecified atom stereocenters. The van der Waals surface area contributed by atoms with Crippen molar-refractivity contribution in [3.8, 4) is 17.3 Å². The van der Waals surface area contributed by atoms with Gasteiger partial charge >= 0.3 is 12.1 Å². The Bertz CT molecular complexity index is 1510. The molecule has 0 aliphatic heterocycles. The molecule has 0 bridgehead atoms. The van der Waals surface area contributed by atoms with Crippen molar-refractivity contribution in [2.24, 2.45) is 0 Å². The van der Waals surface area contributed by atoms with Crippen molar-refractivity contribution >= 4 is 29.2 Å². The molecule has 3 heterocycles. The Morgan fingerprint density at radius 3 is 2.41 bits per heavy atom. The second kappa shape index (κ2) is 9.97. The predicted octanol–water partition coefficient (Wildman–Crippen LogP) is 3.44. The molecule has 4 aromatic rings. The number of carboxylic acids is 1. The number of halogens is 3. The van der Waals surface area contributed by atoms with Gasteiger partial charge in [0.15, 0.2) is 5.65 Å². The van der Waals surface area contributed by atoms with E-state index in [1.54, 1.807) is 13.0 Å². The number of benzene rings is 1. The number of anilines is 3. The zero-order chi connectivity index (χ0) is 26.7. The Morgan fingerprint density at radius 1 is 1.11 bits per heavy atom. The fraction of sp³-hybridized carbons (Fsp3) is 0.217. The van der Waals surface area contributed by atoms with Crippen LogP contribution in [0.3, 0.4) is 0 Å². The zero-order valence-corrected chi connectivity index (χ0v) is 19.3. The van der Waals surface area contributed by atoms with Crippen molar-refractivity contribution in [3.63, 3.8) is 0 Å². The van der Waals surface area contributed by atoms with Gasteiger partial charge in [-0.3, -0.25) is 0 Å². The van der Waals surface area contributed by atoms with Gasteiger partial charge in [0.2, 0.25) is 5.95 Å². The average Bonchev–Trinajstić information content (AvgIpc) is 3.32. The maximum Gasteiger partial charge on any atom is 0.416 e. The lowest BCUT2D eigenvalue weighted by Crippen LogP contribution is -2.18. The Morgan fingerprint density at radius 2 is 1.81 bits per heavy atom. The van der Waals surface area contributed by atoms with Crippen molar-refractivity contribution < 1.29 is 23.1 Å². The molecule has 3 aromatic heterocycles. The number of nitriles is 1. The lowest BCUT2D eigenvalue weighted by molar-refractivity contribution is -0.137. The number of carbonyl (C=O) groups is 1. The predicted molar refractivity (Wildman–Crippen MR) is 128 cm³/mol. The third-order valence-corrected chi connectivity index (χ3v) is 5.37. The summed E-state index contributed by atoms with van der Waals surface area (Å²) in [5, 5.41) is 28.5. The summed E-state index contributed by atoms with van der Waals surface area (Å²) < 4.78 is 40.4. The minimum absolute atomic E-state index is 0.0870. The highest BCUT2D eigenvalue weighted by molar-refractivity contribution is 5.84. The summed E-state index contributed by atoms with van der Waals surface area (Å²) in [5.74, 6) is -1.10. The first kappa shape index (κ1) is 25.2. The second-order valence-corrected chi connectivity index (χ2v) is 7.76. The molecule has 1 aromatic carbocycles. The first-order valence-corrected chi connectivity index (χ1v) is 11.0. The van der Waals surface area contributed by atoms with E-state index in [9.17, 15) is 23.1 Å². The Kier molecular flexibility index (Phi) is 6.79. The topological polar surface area (TPSA) is 167 Å². The molecule has 0 fully saturated rings. The van der Waals surface area contributed by atoms with Gasteiger partial charge in [0.05, 0.1) is 16.8 Å². The van der Waals surface area contributed by atoms with Crippen LogP contribution < -0.4 is 16.4 Å². The Balaban J connectivity index is 1.66. The van der Waals surface area contributed by atoms with E-state index in [-0.39, 0.29) is 29.5 Å². The number of nitrogens with two attached hydrogens (primary N) is 1. The van der Waals surface area contributed by atoms with Crippen LogP contribution in [0.4, 0.5) is 30.8 Å². The number of carboxylic acid groups (broad SMARTS) is 1. The highest BCUT2D eigenvalue weighted by Crippen LogP contribution is 2.32. The number of nitrogen functional groups attached to an aromatic ring is 1. The van der Waals surface area contributed by atoms with Crippen molar-refractivity contribution in [3.05, 3.63) is 58.9 Å². The van der Waals surface area contributed by atoms with Gasteiger partial charge in [-0.25, -0.2) is 19.7 Å². The number of alkyl halides is 3. The molecule has 14 heteroatoms. The molecule has 0 saturated carbocycles.